The van der Waals surface area contributed by atoms with Gasteiger partial charge in [0.05, 0.1) is 12.1 Å². The Morgan fingerprint density at radius 1 is 1.29 bits per heavy atom. The van der Waals surface area contributed by atoms with Gasteiger partial charge in [-0.15, -0.1) is 0 Å². The van der Waals surface area contributed by atoms with Crippen LogP contribution in [0.5, 0.6) is 0 Å². The van der Waals surface area contributed by atoms with Gasteiger partial charge in [-0.2, -0.15) is 0 Å². The van der Waals surface area contributed by atoms with E-state index < -0.39 is 11.6 Å². The lowest BCUT2D eigenvalue weighted by Gasteiger charge is -2.38. The first-order valence-corrected chi connectivity index (χ1v) is 6.79. The number of likely N-dealkylation sites (tertiary alicyclic amines) is 1. The van der Waals surface area contributed by atoms with Gasteiger partial charge in [-0.1, -0.05) is 12.1 Å². The number of hydrogen-bond donors (Lipinski definition) is 3. The van der Waals surface area contributed by atoms with Crippen LogP contribution in [0.1, 0.15) is 23.2 Å². The highest BCUT2D eigenvalue weighted by atomic mass is 16.2. The van der Waals surface area contributed by atoms with E-state index in [1.54, 1.807) is 29.2 Å². The fourth-order valence-electron chi connectivity index (χ4n) is 2.91. The maximum Gasteiger partial charge on any atom is 0.322 e. The maximum absolute atomic E-state index is 12.6. The summed E-state index contributed by atoms with van der Waals surface area (Å²) < 4.78 is 0. The monoisotopic (exact) mass is 288 g/mol. The Bertz CT molecular complexity index is 630. The van der Waals surface area contributed by atoms with Gasteiger partial charge in [0.15, 0.2) is 0 Å². The summed E-state index contributed by atoms with van der Waals surface area (Å²) in [6, 6.07) is 6.32. The predicted molar refractivity (Wildman–Crippen MR) is 75.4 cm³/mol. The number of carbonyl (C=O) groups excluding carboxylic acids is 3. The lowest BCUT2D eigenvalue weighted by Crippen LogP contribution is -2.59. The maximum atomic E-state index is 12.6. The van der Waals surface area contributed by atoms with Gasteiger partial charge in [0, 0.05) is 12.2 Å². The summed E-state index contributed by atoms with van der Waals surface area (Å²) in [5.41, 5.74) is 5.64. The molecule has 0 aliphatic carbocycles. The second kappa shape index (κ2) is 4.76. The molecule has 2 saturated heterocycles. The summed E-state index contributed by atoms with van der Waals surface area (Å²) in [6.45, 7) is 0.704. The predicted octanol–water partition coefficient (Wildman–Crippen LogP) is 0.0830. The Balaban J connectivity index is 1.84. The molecule has 1 spiro atoms. The molecule has 7 heteroatoms. The number of amides is 4. The van der Waals surface area contributed by atoms with Crippen LogP contribution in [0.15, 0.2) is 24.3 Å². The average Bonchev–Trinajstić information content (AvgIpc) is 2.72. The summed E-state index contributed by atoms with van der Waals surface area (Å²) in [5, 5.41) is 4.88. The quantitative estimate of drug-likeness (QED) is 0.503. The Morgan fingerprint density at radius 3 is 2.71 bits per heavy atom. The Morgan fingerprint density at radius 2 is 2.05 bits per heavy atom. The van der Waals surface area contributed by atoms with Gasteiger partial charge in [0.2, 0.25) is 0 Å². The fraction of sp³-hybridized carbons (Fsp3) is 0.357. The van der Waals surface area contributed by atoms with Gasteiger partial charge < -0.3 is 16.0 Å². The van der Waals surface area contributed by atoms with E-state index in [1.165, 1.54) is 0 Å². The molecule has 0 saturated carbocycles. The van der Waals surface area contributed by atoms with Gasteiger partial charge in [-0.3, -0.25) is 14.9 Å². The molecule has 2 fully saturated rings. The van der Waals surface area contributed by atoms with Crippen molar-refractivity contribution < 1.29 is 14.4 Å². The van der Waals surface area contributed by atoms with E-state index in [4.69, 9.17) is 5.73 Å². The molecule has 1 aromatic carbocycles. The number of nitrogen functional groups attached to an aromatic ring is 1. The third-order valence-corrected chi connectivity index (χ3v) is 3.99. The number of carbonyl (C=O) groups is 3. The molecule has 2 heterocycles. The second-order valence-corrected chi connectivity index (χ2v) is 5.41. The summed E-state index contributed by atoms with van der Waals surface area (Å²) in [6.07, 6.45) is 1.17. The fourth-order valence-corrected chi connectivity index (χ4v) is 2.91. The minimum atomic E-state index is -1.01. The Labute approximate surface area is 121 Å². The number of piperidine rings is 1. The molecule has 2 aliphatic rings. The molecule has 4 N–H and O–H groups in total. The Hall–Kier alpha value is -2.57. The standard InChI is InChI=1S/C14H16N4O3/c15-10-5-2-1-4-9(10)11(19)18-7-3-6-14(8-18)12(20)16-13(21)17-14/h1-2,4-5H,3,6-8,15H2,(H2,16,17,20,21). The van der Waals surface area contributed by atoms with Crippen molar-refractivity contribution in [1.29, 1.82) is 0 Å². The smallest absolute Gasteiger partial charge is 0.322 e. The molecule has 0 aromatic heterocycles. The number of para-hydroxylation sites is 1. The normalized spacial score (nSPS) is 24.9. The van der Waals surface area contributed by atoms with Crippen molar-refractivity contribution in [1.82, 2.24) is 15.5 Å². The van der Waals surface area contributed by atoms with Gasteiger partial charge in [0.1, 0.15) is 5.54 Å². The summed E-state index contributed by atoms with van der Waals surface area (Å²) in [4.78, 5) is 37.5. The molecule has 4 amide bonds. The number of rotatable bonds is 1. The molecule has 0 bridgehead atoms. The Kier molecular flexibility index (Phi) is 3.04. The molecule has 1 unspecified atom stereocenters. The zero-order valence-corrected chi connectivity index (χ0v) is 11.4. The van der Waals surface area contributed by atoms with Gasteiger partial charge in [0.25, 0.3) is 11.8 Å². The van der Waals surface area contributed by atoms with E-state index in [2.05, 4.69) is 10.6 Å². The molecule has 7 nitrogen and oxygen atoms in total. The van der Waals surface area contributed by atoms with Crippen LogP contribution >= 0.6 is 0 Å². The number of urea groups is 1. The first-order chi connectivity index (χ1) is 10.0. The minimum absolute atomic E-state index is 0.164. The summed E-state index contributed by atoms with van der Waals surface area (Å²) in [7, 11) is 0. The van der Waals surface area contributed by atoms with Crippen LogP contribution in [0.25, 0.3) is 0 Å². The van der Waals surface area contributed by atoms with Crippen LogP contribution in [-0.2, 0) is 4.79 Å². The number of benzene rings is 1. The van der Waals surface area contributed by atoms with E-state index in [1.807, 2.05) is 0 Å². The van der Waals surface area contributed by atoms with Crippen LogP contribution in [0, 0.1) is 0 Å². The van der Waals surface area contributed by atoms with Crippen molar-refractivity contribution in [2.75, 3.05) is 18.8 Å². The lowest BCUT2D eigenvalue weighted by atomic mass is 9.89. The van der Waals surface area contributed by atoms with E-state index in [9.17, 15) is 14.4 Å². The van der Waals surface area contributed by atoms with Crippen LogP contribution in [0.2, 0.25) is 0 Å². The largest absolute Gasteiger partial charge is 0.398 e. The number of nitrogens with one attached hydrogen (secondary N) is 2. The van der Waals surface area contributed by atoms with Crippen LogP contribution < -0.4 is 16.4 Å². The number of nitrogens with two attached hydrogens (primary N) is 1. The number of imide groups is 1. The number of hydrogen-bond acceptors (Lipinski definition) is 4. The number of anilines is 1. The van der Waals surface area contributed by atoms with E-state index in [0.717, 1.165) is 0 Å². The molecule has 21 heavy (non-hydrogen) atoms. The van der Waals surface area contributed by atoms with Gasteiger partial charge in [-0.25, -0.2) is 4.79 Å². The molecule has 1 aromatic rings. The topological polar surface area (TPSA) is 105 Å². The highest BCUT2D eigenvalue weighted by Crippen LogP contribution is 2.26. The lowest BCUT2D eigenvalue weighted by molar-refractivity contribution is -0.125. The van der Waals surface area contributed by atoms with Gasteiger partial charge >= 0.3 is 6.03 Å². The average molecular weight is 288 g/mol. The molecule has 1 atom stereocenters. The van der Waals surface area contributed by atoms with Gasteiger partial charge in [-0.05, 0) is 25.0 Å². The summed E-state index contributed by atoms with van der Waals surface area (Å²) >= 11 is 0. The van der Waals surface area contributed by atoms with Crippen LogP contribution in [0.4, 0.5) is 10.5 Å². The highest BCUT2D eigenvalue weighted by Gasteiger charge is 2.49. The molecular weight excluding hydrogens is 272 g/mol. The van der Waals surface area contributed by atoms with Crippen molar-refractivity contribution in [2.45, 2.75) is 18.4 Å². The van der Waals surface area contributed by atoms with Crippen molar-refractivity contribution in [3.8, 4) is 0 Å². The third-order valence-electron chi connectivity index (χ3n) is 3.99. The highest BCUT2D eigenvalue weighted by molar-refractivity contribution is 6.08. The van der Waals surface area contributed by atoms with Crippen molar-refractivity contribution in [3.05, 3.63) is 29.8 Å². The molecule has 0 radical (unpaired) electrons. The van der Waals surface area contributed by atoms with Crippen LogP contribution in [0.3, 0.4) is 0 Å². The van der Waals surface area contributed by atoms with Crippen LogP contribution in [-0.4, -0.2) is 41.4 Å². The van der Waals surface area contributed by atoms with Crippen molar-refractivity contribution in [2.24, 2.45) is 0 Å². The summed E-state index contributed by atoms with van der Waals surface area (Å²) in [5.74, 6) is -0.591. The third kappa shape index (κ3) is 2.20. The minimum Gasteiger partial charge on any atom is -0.398 e. The zero-order valence-electron chi connectivity index (χ0n) is 11.4. The van der Waals surface area contributed by atoms with Crippen molar-refractivity contribution in [3.63, 3.8) is 0 Å². The molecule has 110 valence electrons. The first kappa shape index (κ1) is 13.4. The second-order valence-electron chi connectivity index (χ2n) is 5.41. The van der Waals surface area contributed by atoms with E-state index >= 15 is 0 Å². The van der Waals surface area contributed by atoms with Crippen molar-refractivity contribution >= 4 is 23.5 Å². The number of nitrogens with zero attached hydrogens (tertiary/aromatic N) is 1. The molecule has 3 rings (SSSR count). The van der Waals surface area contributed by atoms with E-state index in [0.29, 0.717) is 30.6 Å². The zero-order chi connectivity index (χ0) is 15.0. The molecular formula is C14H16N4O3. The molecule has 2 aliphatic heterocycles. The SMILES string of the molecule is Nc1ccccc1C(=O)N1CCCC2(C1)NC(=O)NC2=O. The first-order valence-electron chi connectivity index (χ1n) is 6.79. The van der Waals surface area contributed by atoms with E-state index in [-0.39, 0.29) is 18.4 Å².